The quantitative estimate of drug-likeness (QED) is 0.399. The Labute approximate surface area is 216 Å². The molecule has 36 heavy (non-hydrogen) atoms. The number of rotatable bonds is 11. The van der Waals surface area contributed by atoms with Gasteiger partial charge in [0.2, 0.25) is 10.0 Å². The molecule has 3 heterocycles. The van der Waals surface area contributed by atoms with E-state index in [1.807, 2.05) is 18.7 Å². The summed E-state index contributed by atoms with van der Waals surface area (Å²) in [6, 6.07) is 3.58. The Morgan fingerprint density at radius 1 is 1.28 bits per heavy atom. The topological polar surface area (TPSA) is 122 Å². The van der Waals surface area contributed by atoms with Crippen LogP contribution in [0.25, 0.3) is 22.4 Å². The van der Waals surface area contributed by atoms with Gasteiger partial charge in [0.05, 0.1) is 22.8 Å². The Morgan fingerprint density at radius 2 is 2.08 bits per heavy atom. The van der Waals surface area contributed by atoms with Gasteiger partial charge in [0.1, 0.15) is 17.1 Å². The van der Waals surface area contributed by atoms with Gasteiger partial charge < -0.3 is 14.6 Å². The van der Waals surface area contributed by atoms with E-state index in [0.29, 0.717) is 54.9 Å². The average Bonchev–Trinajstić information content (AvgIpc) is 3.45. The molecule has 0 saturated carbocycles. The molecule has 3 aromatic rings. The lowest BCUT2D eigenvalue weighted by Crippen LogP contribution is -2.31. The number of ether oxygens (including phenoxy) is 1. The monoisotopic (exact) mass is 519 g/mol. The number of aromatic nitrogens is 4. The Hall–Kier alpha value is -2.76. The molecular formula is C25H36N6O4S. The molecule has 0 spiro atoms. The standard InChI is InChI=1S/C25H36N6O4S/c1-5-8-20-22-23(31(4)29-20)25(32)28-24(27-22)19-16-18(10-11-21(19)35-15-6-2)36(33,34)26-13-12-17-9-7-14-30(17)3/h10-11,16-17,26H,5-9,12-15H2,1-4H3,(H,27,28,32)/i12D2,13D. The van der Waals surface area contributed by atoms with E-state index in [2.05, 4.69) is 19.8 Å². The van der Waals surface area contributed by atoms with Crippen molar-refractivity contribution in [1.82, 2.24) is 29.4 Å². The Kier molecular flexibility index (Phi) is 6.92. The molecule has 2 atom stereocenters. The molecule has 0 radical (unpaired) electrons. The number of aromatic amines is 1. The third kappa shape index (κ3) is 5.47. The predicted molar refractivity (Wildman–Crippen MR) is 140 cm³/mol. The lowest BCUT2D eigenvalue weighted by molar-refractivity contribution is 0.297. The summed E-state index contributed by atoms with van der Waals surface area (Å²) in [6.07, 6.45) is 1.35. The number of hydrogen-bond donors (Lipinski definition) is 2. The summed E-state index contributed by atoms with van der Waals surface area (Å²) in [5.74, 6) is 0.468. The van der Waals surface area contributed by atoms with Crippen molar-refractivity contribution in [3.8, 4) is 17.1 Å². The van der Waals surface area contributed by atoms with Crippen LogP contribution in [-0.2, 0) is 23.5 Å². The largest absolute Gasteiger partial charge is 0.493 e. The normalized spacial score (nSPS) is 19.2. The van der Waals surface area contributed by atoms with E-state index in [0.717, 1.165) is 12.8 Å². The van der Waals surface area contributed by atoms with Crippen LogP contribution < -0.4 is 15.0 Å². The molecule has 0 aliphatic carbocycles. The zero-order chi connectivity index (χ0) is 28.5. The Morgan fingerprint density at radius 3 is 2.78 bits per heavy atom. The van der Waals surface area contributed by atoms with E-state index in [4.69, 9.17) is 8.85 Å². The first-order valence-electron chi connectivity index (χ1n) is 13.9. The maximum absolute atomic E-state index is 13.4. The van der Waals surface area contributed by atoms with Crippen LogP contribution in [0, 0.1) is 0 Å². The third-order valence-electron chi connectivity index (χ3n) is 6.24. The number of fused-ring (bicyclic) bond motifs is 1. The molecule has 1 aliphatic heterocycles. The number of aryl methyl sites for hydroxylation is 2. The number of H-pyrrole nitrogens is 1. The number of nitrogens with one attached hydrogen (secondary N) is 2. The van der Waals surface area contributed by atoms with Gasteiger partial charge in [0.25, 0.3) is 5.56 Å². The fraction of sp³-hybridized carbons (Fsp3) is 0.560. The van der Waals surface area contributed by atoms with Gasteiger partial charge in [-0.25, -0.2) is 18.1 Å². The second kappa shape index (κ2) is 11.1. The fourth-order valence-electron chi connectivity index (χ4n) is 4.38. The van der Waals surface area contributed by atoms with Gasteiger partial charge in [0, 0.05) is 23.7 Å². The summed E-state index contributed by atoms with van der Waals surface area (Å²) in [6.45, 7) is 3.26. The van der Waals surface area contributed by atoms with Crippen LogP contribution in [0.3, 0.4) is 0 Å². The van der Waals surface area contributed by atoms with Crippen LogP contribution in [0.2, 0.25) is 0 Å². The minimum atomic E-state index is -4.31. The average molecular weight is 520 g/mol. The highest BCUT2D eigenvalue weighted by molar-refractivity contribution is 7.89. The summed E-state index contributed by atoms with van der Waals surface area (Å²) < 4.78 is 61.6. The molecule has 2 aromatic heterocycles. The molecule has 196 valence electrons. The van der Waals surface area contributed by atoms with E-state index in [1.165, 1.54) is 22.9 Å². The first-order valence-corrected chi connectivity index (χ1v) is 13.8. The van der Waals surface area contributed by atoms with E-state index >= 15 is 0 Å². The van der Waals surface area contributed by atoms with Crippen LogP contribution in [0.5, 0.6) is 5.75 Å². The molecule has 11 heteroatoms. The molecule has 10 nitrogen and oxygen atoms in total. The zero-order valence-corrected chi connectivity index (χ0v) is 22.0. The van der Waals surface area contributed by atoms with Gasteiger partial charge >= 0.3 is 0 Å². The maximum Gasteiger partial charge on any atom is 0.277 e. The van der Waals surface area contributed by atoms with Gasteiger partial charge in [0.15, 0.2) is 5.52 Å². The van der Waals surface area contributed by atoms with Crippen LogP contribution in [0.15, 0.2) is 27.9 Å². The molecule has 1 saturated heterocycles. The number of hydrogen-bond acceptors (Lipinski definition) is 7. The van der Waals surface area contributed by atoms with Gasteiger partial charge in [-0.15, -0.1) is 0 Å². The molecule has 1 fully saturated rings. The van der Waals surface area contributed by atoms with E-state index < -0.39 is 34.5 Å². The third-order valence-corrected chi connectivity index (χ3v) is 7.54. The van der Waals surface area contributed by atoms with E-state index in [1.54, 1.807) is 14.1 Å². The number of sulfonamides is 1. The molecule has 1 aliphatic rings. The molecule has 1 aromatic carbocycles. The Balaban J connectivity index is 1.76. The highest BCUT2D eigenvalue weighted by Crippen LogP contribution is 2.31. The first-order chi connectivity index (χ1) is 18.4. The summed E-state index contributed by atoms with van der Waals surface area (Å²) in [7, 11) is -0.863. The second-order valence-corrected chi connectivity index (χ2v) is 10.7. The predicted octanol–water partition coefficient (Wildman–Crippen LogP) is 2.83. The second-order valence-electron chi connectivity index (χ2n) is 9.01. The number of benzene rings is 1. The Bertz CT molecular complexity index is 1510. The van der Waals surface area contributed by atoms with Crippen LogP contribution in [0.1, 0.15) is 55.7 Å². The van der Waals surface area contributed by atoms with Gasteiger partial charge in [-0.1, -0.05) is 20.3 Å². The lowest BCUT2D eigenvalue weighted by Gasteiger charge is -2.19. The lowest BCUT2D eigenvalue weighted by atomic mass is 10.1. The van der Waals surface area contributed by atoms with Crippen molar-refractivity contribution in [2.45, 2.75) is 63.3 Å². The fourth-order valence-corrected chi connectivity index (χ4v) is 5.25. The highest BCUT2D eigenvalue weighted by Gasteiger charge is 2.23. The summed E-state index contributed by atoms with van der Waals surface area (Å²) in [5.41, 5.74) is 1.27. The van der Waals surface area contributed by atoms with Crippen molar-refractivity contribution in [2.24, 2.45) is 7.05 Å². The first kappa shape index (κ1) is 22.4. The maximum atomic E-state index is 13.4. The minimum Gasteiger partial charge on any atom is -0.493 e. The summed E-state index contributed by atoms with van der Waals surface area (Å²) in [5, 5.41) is 4.43. The van der Waals surface area contributed by atoms with Crippen LogP contribution in [0.4, 0.5) is 0 Å². The van der Waals surface area contributed by atoms with Gasteiger partial charge in [-0.05, 0) is 63.8 Å². The van der Waals surface area contributed by atoms with Crippen molar-refractivity contribution in [1.29, 1.82) is 0 Å². The van der Waals surface area contributed by atoms with Crippen molar-refractivity contribution < 1.29 is 17.3 Å². The van der Waals surface area contributed by atoms with Crippen molar-refractivity contribution in [2.75, 3.05) is 26.7 Å². The number of nitrogens with zero attached hydrogens (tertiary/aromatic N) is 4. The van der Waals surface area contributed by atoms with Crippen molar-refractivity contribution in [3.63, 3.8) is 0 Å². The van der Waals surface area contributed by atoms with Crippen molar-refractivity contribution in [3.05, 3.63) is 34.2 Å². The summed E-state index contributed by atoms with van der Waals surface area (Å²) >= 11 is 0. The van der Waals surface area contributed by atoms with Gasteiger partial charge in [-0.3, -0.25) is 9.48 Å². The van der Waals surface area contributed by atoms with Crippen LogP contribution in [-0.4, -0.2) is 65.8 Å². The highest BCUT2D eigenvalue weighted by atomic mass is 32.2. The van der Waals surface area contributed by atoms with E-state index in [-0.39, 0.29) is 16.3 Å². The van der Waals surface area contributed by atoms with E-state index in [9.17, 15) is 13.2 Å². The number of likely N-dealkylation sites (tertiary alicyclic amines) is 1. The summed E-state index contributed by atoms with van der Waals surface area (Å²) in [4.78, 5) is 22.0. The van der Waals surface area contributed by atoms with Crippen LogP contribution >= 0.6 is 0 Å². The molecular weight excluding hydrogens is 480 g/mol. The molecule has 0 bridgehead atoms. The molecule has 2 N–H and O–H groups in total. The SMILES string of the molecule is [2H]C(NS(=O)(=O)c1ccc(OCCC)c(-c2nc3c(CCC)nn(C)c3c(=O)[nH]2)c1)C([2H])([2H])C1CCCN1C. The smallest absolute Gasteiger partial charge is 0.277 e. The molecule has 4 rings (SSSR count). The molecule has 0 amide bonds. The molecule has 2 unspecified atom stereocenters. The minimum absolute atomic E-state index is 0.131. The van der Waals surface area contributed by atoms with Crippen molar-refractivity contribution >= 4 is 21.1 Å². The zero-order valence-electron chi connectivity index (χ0n) is 24.2. The van der Waals surface area contributed by atoms with Gasteiger partial charge in [-0.2, -0.15) is 5.10 Å².